The minimum Gasteiger partial charge on any atom is -0.385 e. The third-order valence-corrected chi connectivity index (χ3v) is 5.06. The predicted molar refractivity (Wildman–Crippen MR) is 122 cm³/mol. The maximum Gasteiger partial charge on any atom is 0.191 e. The lowest BCUT2D eigenvalue weighted by Crippen LogP contribution is -2.40. The number of aliphatic imine (C=N–C) groups is 1. The van der Waals surface area contributed by atoms with Gasteiger partial charge in [-0.2, -0.15) is 0 Å². The molecular formula is C23H32N6O. The molecule has 0 saturated heterocycles. The number of ether oxygens (including phenoxy) is 1. The van der Waals surface area contributed by atoms with Crippen LogP contribution in [0, 0.1) is 0 Å². The molecule has 1 heterocycles. The van der Waals surface area contributed by atoms with Crippen molar-refractivity contribution in [3.63, 3.8) is 0 Å². The molecular weight excluding hydrogens is 376 g/mol. The third kappa shape index (κ3) is 6.03. The normalized spacial score (nSPS) is 12.8. The standard InChI is InChI=1S/C23H32N6O/c1-4-22-28-26-17-29(22)14-13-25-23(24-12-7-15-30-3)27-18(2)20-11-10-19-8-5-6-9-21(19)16-20/h5-6,8-11,16-18H,4,7,12-15H2,1-3H3,(H2,24,25,27). The number of fused-ring (bicyclic) bond motifs is 1. The summed E-state index contributed by atoms with van der Waals surface area (Å²) < 4.78 is 7.22. The second kappa shape index (κ2) is 11.3. The Labute approximate surface area is 178 Å². The fourth-order valence-corrected chi connectivity index (χ4v) is 3.35. The Morgan fingerprint density at radius 2 is 2.03 bits per heavy atom. The Balaban J connectivity index is 1.64. The van der Waals surface area contributed by atoms with Gasteiger partial charge in [-0.15, -0.1) is 10.2 Å². The van der Waals surface area contributed by atoms with Crippen LogP contribution in [0.25, 0.3) is 10.8 Å². The van der Waals surface area contributed by atoms with Crippen molar-refractivity contribution in [2.24, 2.45) is 4.99 Å². The van der Waals surface area contributed by atoms with E-state index in [0.29, 0.717) is 13.2 Å². The fourth-order valence-electron chi connectivity index (χ4n) is 3.35. The number of aryl methyl sites for hydroxylation is 1. The van der Waals surface area contributed by atoms with Crippen molar-refractivity contribution < 1.29 is 4.74 Å². The van der Waals surface area contributed by atoms with E-state index in [0.717, 1.165) is 37.7 Å². The van der Waals surface area contributed by atoms with Crippen LogP contribution in [0.1, 0.15) is 37.7 Å². The monoisotopic (exact) mass is 408 g/mol. The number of aromatic nitrogens is 3. The summed E-state index contributed by atoms with van der Waals surface area (Å²) in [6.07, 6.45) is 3.54. The minimum atomic E-state index is 0.129. The average Bonchev–Trinajstić information content (AvgIpc) is 3.23. The van der Waals surface area contributed by atoms with Gasteiger partial charge in [-0.25, -0.2) is 0 Å². The summed E-state index contributed by atoms with van der Waals surface area (Å²) in [5, 5.41) is 17.6. The molecule has 1 atom stereocenters. The average molecular weight is 409 g/mol. The highest BCUT2D eigenvalue weighted by Crippen LogP contribution is 2.20. The second-order valence-corrected chi connectivity index (χ2v) is 7.27. The summed E-state index contributed by atoms with van der Waals surface area (Å²) in [6, 6.07) is 15.1. The van der Waals surface area contributed by atoms with Crippen LogP contribution in [-0.4, -0.2) is 47.5 Å². The van der Waals surface area contributed by atoms with E-state index in [4.69, 9.17) is 9.73 Å². The minimum absolute atomic E-state index is 0.129. The van der Waals surface area contributed by atoms with Gasteiger partial charge in [0, 0.05) is 39.8 Å². The van der Waals surface area contributed by atoms with Gasteiger partial charge in [-0.05, 0) is 35.7 Å². The maximum absolute atomic E-state index is 5.14. The highest BCUT2D eigenvalue weighted by molar-refractivity contribution is 5.84. The Morgan fingerprint density at radius 3 is 2.83 bits per heavy atom. The van der Waals surface area contributed by atoms with Crippen molar-refractivity contribution in [3.05, 3.63) is 60.2 Å². The van der Waals surface area contributed by atoms with Crippen LogP contribution in [-0.2, 0) is 17.7 Å². The molecule has 0 radical (unpaired) electrons. The molecule has 0 spiro atoms. The molecule has 0 aliphatic carbocycles. The summed E-state index contributed by atoms with van der Waals surface area (Å²) in [7, 11) is 1.72. The van der Waals surface area contributed by atoms with Gasteiger partial charge < -0.3 is 19.9 Å². The Kier molecular flexibility index (Phi) is 8.20. The lowest BCUT2D eigenvalue weighted by atomic mass is 10.0. The summed E-state index contributed by atoms with van der Waals surface area (Å²) in [5.74, 6) is 1.80. The number of guanidine groups is 1. The zero-order chi connectivity index (χ0) is 21.2. The smallest absolute Gasteiger partial charge is 0.191 e. The van der Waals surface area contributed by atoms with Crippen molar-refractivity contribution in [1.82, 2.24) is 25.4 Å². The molecule has 3 aromatic rings. The van der Waals surface area contributed by atoms with Crippen LogP contribution in [0.4, 0.5) is 0 Å². The van der Waals surface area contributed by atoms with Gasteiger partial charge in [0.05, 0.1) is 6.04 Å². The van der Waals surface area contributed by atoms with Gasteiger partial charge in [0.1, 0.15) is 12.2 Å². The van der Waals surface area contributed by atoms with Crippen LogP contribution in [0.15, 0.2) is 53.8 Å². The number of hydrogen-bond donors (Lipinski definition) is 2. The quantitative estimate of drug-likeness (QED) is 0.306. The molecule has 3 rings (SSSR count). The zero-order valence-electron chi connectivity index (χ0n) is 18.1. The molecule has 0 aliphatic rings. The SMILES string of the molecule is CCc1nncn1CCNC(=NCCCOC)NC(C)c1ccc2ccccc2c1. The van der Waals surface area contributed by atoms with Gasteiger partial charge in [-0.1, -0.05) is 43.3 Å². The lowest BCUT2D eigenvalue weighted by molar-refractivity contribution is 0.197. The predicted octanol–water partition coefficient (Wildman–Crippen LogP) is 3.33. The molecule has 0 fully saturated rings. The van der Waals surface area contributed by atoms with E-state index in [9.17, 15) is 0 Å². The van der Waals surface area contributed by atoms with Gasteiger partial charge in [0.25, 0.3) is 0 Å². The molecule has 1 aromatic heterocycles. The maximum atomic E-state index is 5.14. The zero-order valence-corrected chi connectivity index (χ0v) is 18.1. The molecule has 0 aliphatic heterocycles. The summed E-state index contributed by atoms with van der Waals surface area (Å²) in [5.41, 5.74) is 1.23. The molecule has 0 amide bonds. The molecule has 1 unspecified atom stereocenters. The van der Waals surface area contributed by atoms with Crippen molar-refractivity contribution in [2.45, 2.75) is 39.3 Å². The van der Waals surface area contributed by atoms with Crippen LogP contribution in [0.5, 0.6) is 0 Å². The molecule has 7 nitrogen and oxygen atoms in total. The first-order valence-corrected chi connectivity index (χ1v) is 10.6. The number of hydrogen-bond acceptors (Lipinski definition) is 4. The molecule has 0 bridgehead atoms. The van der Waals surface area contributed by atoms with Crippen molar-refractivity contribution in [3.8, 4) is 0 Å². The summed E-state index contributed by atoms with van der Waals surface area (Å²) >= 11 is 0. The number of nitrogens with zero attached hydrogens (tertiary/aromatic N) is 4. The first-order chi connectivity index (χ1) is 14.7. The van der Waals surface area contributed by atoms with Gasteiger partial charge in [0.2, 0.25) is 0 Å². The van der Waals surface area contributed by atoms with Crippen LogP contribution >= 0.6 is 0 Å². The second-order valence-electron chi connectivity index (χ2n) is 7.27. The van der Waals surface area contributed by atoms with E-state index < -0.39 is 0 Å². The fraction of sp³-hybridized carbons (Fsp3) is 0.435. The van der Waals surface area contributed by atoms with Gasteiger partial charge >= 0.3 is 0 Å². The number of methoxy groups -OCH3 is 1. The summed E-state index contributed by atoms with van der Waals surface area (Å²) in [4.78, 5) is 4.72. The third-order valence-electron chi connectivity index (χ3n) is 5.06. The molecule has 2 aromatic carbocycles. The highest BCUT2D eigenvalue weighted by Gasteiger charge is 2.09. The van der Waals surface area contributed by atoms with E-state index in [2.05, 4.69) is 81.7 Å². The largest absolute Gasteiger partial charge is 0.385 e. The van der Waals surface area contributed by atoms with Crippen LogP contribution in [0.2, 0.25) is 0 Å². The van der Waals surface area contributed by atoms with Crippen molar-refractivity contribution in [2.75, 3.05) is 26.8 Å². The highest BCUT2D eigenvalue weighted by atomic mass is 16.5. The number of rotatable bonds is 10. The molecule has 2 N–H and O–H groups in total. The Hall–Kier alpha value is -2.93. The number of benzene rings is 2. The molecule has 0 saturated carbocycles. The topological polar surface area (TPSA) is 76.4 Å². The van der Waals surface area contributed by atoms with Gasteiger partial charge in [-0.3, -0.25) is 4.99 Å². The molecule has 30 heavy (non-hydrogen) atoms. The van der Waals surface area contributed by atoms with E-state index >= 15 is 0 Å². The van der Waals surface area contributed by atoms with Crippen LogP contribution < -0.4 is 10.6 Å². The first-order valence-electron chi connectivity index (χ1n) is 10.6. The molecule has 7 heteroatoms. The Bertz CT molecular complexity index is 952. The van der Waals surface area contributed by atoms with Crippen molar-refractivity contribution in [1.29, 1.82) is 0 Å². The summed E-state index contributed by atoms with van der Waals surface area (Å²) in [6.45, 7) is 7.19. The number of nitrogens with one attached hydrogen (secondary N) is 2. The van der Waals surface area contributed by atoms with E-state index in [1.165, 1.54) is 16.3 Å². The van der Waals surface area contributed by atoms with Gasteiger partial charge in [0.15, 0.2) is 5.96 Å². The van der Waals surface area contributed by atoms with E-state index in [1.807, 2.05) is 0 Å². The van der Waals surface area contributed by atoms with Crippen molar-refractivity contribution >= 4 is 16.7 Å². The van der Waals surface area contributed by atoms with Crippen LogP contribution in [0.3, 0.4) is 0 Å². The molecule has 160 valence electrons. The van der Waals surface area contributed by atoms with E-state index in [-0.39, 0.29) is 6.04 Å². The Morgan fingerprint density at radius 1 is 1.20 bits per heavy atom. The first kappa shape index (κ1) is 21.8. The van der Waals surface area contributed by atoms with E-state index in [1.54, 1.807) is 13.4 Å². The lowest BCUT2D eigenvalue weighted by Gasteiger charge is -2.19.